The van der Waals surface area contributed by atoms with E-state index < -0.39 is 54.6 Å². The van der Waals surface area contributed by atoms with Crippen LogP contribution in [-0.2, 0) is 65.4 Å². The molecule has 0 saturated carbocycles. The van der Waals surface area contributed by atoms with Crippen molar-refractivity contribution in [2.45, 2.75) is 64.6 Å². The highest BCUT2D eigenvalue weighted by molar-refractivity contribution is 5.73. The minimum Gasteiger partial charge on any atom is -0.497 e. The van der Waals surface area contributed by atoms with E-state index in [0.29, 0.717) is 37.8 Å². The van der Waals surface area contributed by atoms with Gasteiger partial charge in [0.1, 0.15) is 30.2 Å². The van der Waals surface area contributed by atoms with Gasteiger partial charge >= 0.3 is 18.0 Å². The Morgan fingerprint density at radius 1 is 0.818 bits per heavy atom. The molecule has 0 aliphatic carbocycles. The third-order valence-electron chi connectivity index (χ3n) is 7.87. The fourth-order valence-corrected chi connectivity index (χ4v) is 5.50. The van der Waals surface area contributed by atoms with Crippen LogP contribution < -0.4 is 15.4 Å². The predicted molar refractivity (Wildman–Crippen MR) is 192 cm³/mol. The third kappa shape index (κ3) is 14.9. The molecule has 1 fully saturated rings. The van der Waals surface area contributed by atoms with E-state index in [-0.39, 0.29) is 39.6 Å². The first kappa shape index (κ1) is 42.6. The highest BCUT2D eigenvalue weighted by atomic mass is 16.7. The number of nitrogens with zero attached hydrogens (tertiary/aromatic N) is 3. The van der Waals surface area contributed by atoms with Gasteiger partial charge in [-0.15, -0.1) is 5.10 Å². The minimum absolute atomic E-state index is 0.0225. The molecule has 2 aromatic carbocycles. The molecule has 5 atom stereocenters. The molecule has 1 aliphatic heterocycles. The van der Waals surface area contributed by atoms with Crippen molar-refractivity contribution in [3.05, 3.63) is 66.4 Å². The van der Waals surface area contributed by atoms with Gasteiger partial charge in [0, 0.05) is 32.9 Å². The molecule has 2 N–H and O–H groups in total. The van der Waals surface area contributed by atoms with E-state index in [0.717, 1.165) is 11.1 Å². The van der Waals surface area contributed by atoms with E-state index in [1.807, 2.05) is 54.6 Å². The lowest BCUT2D eigenvalue weighted by atomic mass is 9.95. The van der Waals surface area contributed by atoms with Gasteiger partial charge in [0.25, 0.3) is 0 Å². The molecule has 1 aliphatic rings. The van der Waals surface area contributed by atoms with E-state index >= 15 is 0 Å². The van der Waals surface area contributed by atoms with Crippen LogP contribution in [-0.4, -0.2) is 129 Å². The second kappa shape index (κ2) is 22.9. The fourth-order valence-electron chi connectivity index (χ4n) is 5.50. The number of ether oxygens (including phenoxy) is 9. The van der Waals surface area contributed by atoms with Crippen molar-refractivity contribution in [1.29, 1.82) is 0 Å². The molecule has 2 amide bonds. The van der Waals surface area contributed by atoms with Crippen molar-refractivity contribution < 1.29 is 61.8 Å². The number of esters is 2. The van der Waals surface area contributed by atoms with Crippen LogP contribution in [0.1, 0.15) is 26.3 Å². The Morgan fingerprint density at radius 3 is 2.16 bits per heavy atom. The van der Waals surface area contributed by atoms with Gasteiger partial charge in [-0.2, -0.15) is 0 Å². The first-order valence-corrected chi connectivity index (χ1v) is 17.7. The Morgan fingerprint density at radius 2 is 1.49 bits per heavy atom. The molecule has 3 aromatic rings. The summed E-state index contributed by atoms with van der Waals surface area (Å²) in [5.41, 5.74) is 2.22. The molecule has 300 valence electrons. The van der Waals surface area contributed by atoms with Gasteiger partial charge in [-0.3, -0.25) is 14.4 Å². The number of carbonyl (C=O) groups is 4. The topological polar surface area (TPSA) is 206 Å². The molecular weight excluding hydrogens is 722 g/mol. The summed E-state index contributed by atoms with van der Waals surface area (Å²) in [6, 6.07) is 15.6. The van der Waals surface area contributed by atoms with Crippen molar-refractivity contribution in [3.63, 3.8) is 0 Å². The second-order valence-corrected chi connectivity index (χ2v) is 12.2. The average Bonchev–Trinajstić information content (AvgIpc) is 3.63. The molecular formula is C37H49N5O13. The zero-order chi connectivity index (χ0) is 39.4. The van der Waals surface area contributed by atoms with Gasteiger partial charge in [-0.25, -0.2) is 9.48 Å². The van der Waals surface area contributed by atoms with Gasteiger partial charge in [0.05, 0.1) is 66.1 Å². The molecule has 0 spiro atoms. The summed E-state index contributed by atoms with van der Waals surface area (Å²) in [4.78, 5) is 48.6. The van der Waals surface area contributed by atoms with Crippen LogP contribution in [0.25, 0.3) is 11.3 Å². The Kier molecular flexibility index (Phi) is 17.8. The van der Waals surface area contributed by atoms with E-state index in [4.69, 9.17) is 42.6 Å². The number of nitrogens with one attached hydrogen (secondary N) is 2. The van der Waals surface area contributed by atoms with Gasteiger partial charge in [-0.05, 0) is 17.7 Å². The van der Waals surface area contributed by atoms with Crippen LogP contribution >= 0.6 is 0 Å². The number of carbonyl (C=O) groups excluding carboxylic acids is 4. The molecule has 18 heteroatoms. The monoisotopic (exact) mass is 771 g/mol. The SMILES string of the molecule is COc1cccc(-c2cn(C[C@H]3OC(OCCOCCOCCOCCNC(=O)OCc4ccccc4)[C@H](NC(C)=O)[C@@H](OC(C)=O)[C@H]3OC(C)=O)nn2)c1. The molecule has 4 rings (SSSR count). The maximum atomic E-state index is 12.3. The Hall–Kier alpha value is -5.14. The van der Waals surface area contributed by atoms with Crippen LogP contribution in [0.4, 0.5) is 4.79 Å². The number of rotatable bonds is 22. The number of benzene rings is 2. The van der Waals surface area contributed by atoms with Crippen molar-refractivity contribution in [1.82, 2.24) is 25.6 Å². The number of alkyl carbamates (subject to hydrolysis) is 1. The third-order valence-corrected chi connectivity index (χ3v) is 7.87. The highest BCUT2D eigenvalue weighted by Crippen LogP contribution is 2.29. The lowest BCUT2D eigenvalue weighted by molar-refractivity contribution is -0.276. The maximum absolute atomic E-state index is 12.3. The molecule has 1 unspecified atom stereocenters. The van der Waals surface area contributed by atoms with E-state index in [1.165, 1.54) is 25.5 Å². The smallest absolute Gasteiger partial charge is 0.407 e. The summed E-state index contributed by atoms with van der Waals surface area (Å²) < 4.78 is 52.1. The molecule has 18 nitrogen and oxygen atoms in total. The number of methoxy groups -OCH3 is 1. The zero-order valence-electron chi connectivity index (χ0n) is 31.4. The molecule has 1 saturated heterocycles. The molecule has 2 heterocycles. The standard InChI is InChI=1S/C37H49N5O13/c1-25(43)39-33-35(54-27(3)45)34(53-26(2)44)32(23-42-22-31(40-41-42)29-11-8-12-30(21-29)47-4)55-36(33)51-20-19-50-18-17-49-16-15-48-14-13-38-37(46)52-24-28-9-6-5-7-10-28/h5-12,21-22,32-36H,13-20,23-24H2,1-4H3,(H,38,46)(H,39,43)/t32-,33-,34+,35-,36?/m1/s1. The van der Waals surface area contributed by atoms with Gasteiger partial charge in [0.2, 0.25) is 5.91 Å². The first-order chi connectivity index (χ1) is 26.6. The van der Waals surface area contributed by atoms with Gasteiger partial charge in [-0.1, -0.05) is 47.7 Å². The molecule has 55 heavy (non-hydrogen) atoms. The summed E-state index contributed by atoms with van der Waals surface area (Å²) >= 11 is 0. The Balaban J connectivity index is 1.22. The fraction of sp³-hybridized carbons (Fsp3) is 0.514. The van der Waals surface area contributed by atoms with E-state index in [1.54, 1.807) is 13.3 Å². The Labute approximate surface area is 318 Å². The van der Waals surface area contributed by atoms with Gasteiger partial charge < -0.3 is 53.3 Å². The average molecular weight is 772 g/mol. The Bertz CT molecular complexity index is 1640. The second-order valence-electron chi connectivity index (χ2n) is 12.2. The van der Waals surface area contributed by atoms with Crippen LogP contribution in [0.5, 0.6) is 5.75 Å². The molecule has 1 aromatic heterocycles. The lowest BCUT2D eigenvalue weighted by Gasteiger charge is -2.45. The summed E-state index contributed by atoms with van der Waals surface area (Å²) in [5, 5.41) is 13.8. The van der Waals surface area contributed by atoms with Gasteiger partial charge in [0.15, 0.2) is 18.5 Å². The van der Waals surface area contributed by atoms with E-state index in [2.05, 4.69) is 20.9 Å². The lowest BCUT2D eigenvalue weighted by Crippen LogP contribution is -2.66. The maximum Gasteiger partial charge on any atom is 0.407 e. The van der Waals surface area contributed by atoms with Crippen molar-refractivity contribution in [2.24, 2.45) is 0 Å². The summed E-state index contributed by atoms with van der Waals surface area (Å²) in [7, 11) is 1.57. The normalized spacial score (nSPS) is 19.2. The largest absolute Gasteiger partial charge is 0.497 e. The van der Waals surface area contributed by atoms with Crippen molar-refractivity contribution >= 4 is 23.9 Å². The number of hydrogen-bond acceptors (Lipinski definition) is 15. The summed E-state index contributed by atoms with van der Waals surface area (Å²) in [6.45, 7) is 5.89. The molecule has 0 bridgehead atoms. The molecule has 0 radical (unpaired) electrons. The van der Waals surface area contributed by atoms with Crippen LogP contribution in [0.2, 0.25) is 0 Å². The number of aromatic nitrogens is 3. The predicted octanol–water partition coefficient (Wildman–Crippen LogP) is 2.04. The van der Waals surface area contributed by atoms with E-state index in [9.17, 15) is 19.2 Å². The first-order valence-electron chi connectivity index (χ1n) is 17.7. The van der Waals surface area contributed by atoms with Crippen molar-refractivity contribution in [2.75, 3.05) is 59.9 Å². The quantitative estimate of drug-likeness (QED) is 0.0852. The summed E-state index contributed by atoms with van der Waals surface area (Å²) in [5.74, 6) is -1.12. The number of hydrogen-bond donors (Lipinski definition) is 2. The summed E-state index contributed by atoms with van der Waals surface area (Å²) in [6.07, 6.45) is -3.22. The highest BCUT2D eigenvalue weighted by Gasteiger charge is 2.51. The number of amides is 2. The minimum atomic E-state index is -1.17. The van der Waals surface area contributed by atoms with Crippen LogP contribution in [0, 0.1) is 0 Å². The van der Waals surface area contributed by atoms with Crippen LogP contribution in [0.15, 0.2) is 60.8 Å². The van der Waals surface area contributed by atoms with Crippen LogP contribution in [0.3, 0.4) is 0 Å². The zero-order valence-corrected chi connectivity index (χ0v) is 31.4. The van der Waals surface area contributed by atoms with Crippen molar-refractivity contribution in [3.8, 4) is 17.0 Å².